The van der Waals surface area contributed by atoms with Gasteiger partial charge in [0.25, 0.3) is 23.4 Å². The van der Waals surface area contributed by atoms with Crippen molar-refractivity contribution in [3.63, 3.8) is 0 Å². The highest BCUT2D eigenvalue weighted by molar-refractivity contribution is 7.16. The molecular formula is C21H19N3O9S. The van der Waals surface area contributed by atoms with Gasteiger partial charge in [0, 0.05) is 10.9 Å². The Hall–Kier alpha value is -4.13. The number of carbonyl (C=O) groups excluding carboxylic acids is 5. The van der Waals surface area contributed by atoms with Gasteiger partial charge in [-0.2, -0.15) is 0 Å². The van der Waals surface area contributed by atoms with Gasteiger partial charge in [-0.3, -0.25) is 34.2 Å². The summed E-state index contributed by atoms with van der Waals surface area (Å²) in [6, 6.07) is 3.58. The molecule has 1 N–H and O–H groups in total. The fraction of sp³-hybridized carbons (Fsp3) is 0.286. The van der Waals surface area contributed by atoms with E-state index in [2.05, 4.69) is 5.32 Å². The largest absolute Gasteiger partial charge is 0.462 e. The number of hydrogen-bond donors (Lipinski definition) is 1. The second-order valence-electron chi connectivity index (χ2n) is 7.07. The molecule has 2 heterocycles. The molecule has 34 heavy (non-hydrogen) atoms. The summed E-state index contributed by atoms with van der Waals surface area (Å²) in [6.45, 7) is 3.70. The number of nitro benzene ring substituents is 1. The van der Waals surface area contributed by atoms with E-state index < -0.39 is 59.0 Å². The van der Waals surface area contributed by atoms with Gasteiger partial charge in [0.2, 0.25) is 0 Å². The van der Waals surface area contributed by atoms with E-state index in [9.17, 15) is 34.1 Å². The molecular weight excluding hydrogens is 470 g/mol. The number of fused-ring (bicyclic) bond motifs is 1. The van der Waals surface area contributed by atoms with Crippen molar-refractivity contribution < 1.29 is 38.4 Å². The molecule has 0 aliphatic carbocycles. The van der Waals surface area contributed by atoms with E-state index in [1.807, 2.05) is 0 Å². The summed E-state index contributed by atoms with van der Waals surface area (Å²) in [6.07, 6.45) is 0. The SMILES string of the molecule is CCOC(=O)c1c(NC(=O)COC(=O)CN2C(=O)c3cccc([N+](=O)[O-])c3C2=O)sc(C)c1C. The average Bonchev–Trinajstić information content (AvgIpc) is 3.19. The number of thiophene rings is 1. The summed E-state index contributed by atoms with van der Waals surface area (Å²) in [5.41, 5.74) is -0.296. The number of imide groups is 1. The van der Waals surface area contributed by atoms with E-state index in [0.717, 1.165) is 22.3 Å². The third kappa shape index (κ3) is 4.64. The Balaban J connectivity index is 1.63. The van der Waals surface area contributed by atoms with E-state index >= 15 is 0 Å². The Bertz CT molecular complexity index is 1230. The van der Waals surface area contributed by atoms with Gasteiger partial charge < -0.3 is 14.8 Å². The molecule has 0 saturated carbocycles. The fourth-order valence-electron chi connectivity index (χ4n) is 3.26. The van der Waals surface area contributed by atoms with E-state index in [1.165, 1.54) is 12.1 Å². The van der Waals surface area contributed by atoms with E-state index in [-0.39, 0.29) is 22.7 Å². The number of ether oxygens (including phenoxy) is 2. The van der Waals surface area contributed by atoms with Crippen LogP contribution in [0.15, 0.2) is 18.2 Å². The number of carbonyl (C=O) groups is 5. The van der Waals surface area contributed by atoms with Crippen LogP contribution in [0.5, 0.6) is 0 Å². The predicted molar refractivity (Wildman–Crippen MR) is 118 cm³/mol. The van der Waals surface area contributed by atoms with Crippen molar-refractivity contribution in [1.29, 1.82) is 0 Å². The van der Waals surface area contributed by atoms with Crippen molar-refractivity contribution in [1.82, 2.24) is 4.90 Å². The lowest BCUT2D eigenvalue weighted by Gasteiger charge is -2.13. The first-order chi connectivity index (χ1) is 16.1. The van der Waals surface area contributed by atoms with Crippen LogP contribution in [0, 0.1) is 24.0 Å². The van der Waals surface area contributed by atoms with Crippen molar-refractivity contribution in [3.8, 4) is 0 Å². The zero-order chi connectivity index (χ0) is 25.2. The van der Waals surface area contributed by atoms with Gasteiger partial charge in [-0.1, -0.05) is 6.07 Å². The van der Waals surface area contributed by atoms with Crippen LogP contribution in [0.25, 0.3) is 0 Å². The number of amides is 3. The highest BCUT2D eigenvalue weighted by atomic mass is 32.1. The van der Waals surface area contributed by atoms with Crippen LogP contribution in [0.2, 0.25) is 0 Å². The second-order valence-corrected chi connectivity index (χ2v) is 8.29. The summed E-state index contributed by atoms with van der Waals surface area (Å²) >= 11 is 1.16. The molecule has 2 aromatic rings. The number of benzene rings is 1. The van der Waals surface area contributed by atoms with E-state index in [0.29, 0.717) is 10.5 Å². The zero-order valence-electron chi connectivity index (χ0n) is 18.3. The minimum absolute atomic E-state index is 0.152. The number of nitrogens with one attached hydrogen (secondary N) is 1. The van der Waals surface area contributed by atoms with Crippen molar-refractivity contribution >= 4 is 51.7 Å². The summed E-state index contributed by atoms with van der Waals surface area (Å²) in [7, 11) is 0. The number of hydrogen-bond acceptors (Lipinski definition) is 10. The molecule has 3 rings (SSSR count). The van der Waals surface area contributed by atoms with Crippen molar-refractivity contribution in [3.05, 3.63) is 55.4 Å². The topological polar surface area (TPSA) is 162 Å². The van der Waals surface area contributed by atoms with Crippen LogP contribution in [0.3, 0.4) is 0 Å². The van der Waals surface area contributed by atoms with Crippen molar-refractivity contribution in [2.75, 3.05) is 25.1 Å². The molecule has 0 atom stereocenters. The van der Waals surface area contributed by atoms with Crippen LogP contribution >= 0.6 is 11.3 Å². The molecule has 1 aromatic heterocycles. The molecule has 1 aliphatic heterocycles. The Kier molecular flexibility index (Phi) is 7.05. The smallest absolute Gasteiger partial charge is 0.341 e. The molecule has 0 bridgehead atoms. The van der Waals surface area contributed by atoms with Gasteiger partial charge in [-0.05, 0) is 32.4 Å². The number of esters is 2. The molecule has 0 radical (unpaired) electrons. The van der Waals surface area contributed by atoms with Crippen LogP contribution in [-0.4, -0.2) is 59.2 Å². The van der Waals surface area contributed by atoms with E-state index in [4.69, 9.17) is 9.47 Å². The molecule has 3 amide bonds. The maximum Gasteiger partial charge on any atom is 0.341 e. The van der Waals surface area contributed by atoms with Gasteiger partial charge in [0.1, 0.15) is 17.1 Å². The second kappa shape index (κ2) is 9.79. The minimum atomic E-state index is -1.07. The van der Waals surface area contributed by atoms with Gasteiger partial charge in [-0.25, -0.2) is 4.79 Å². The highest BCUT2D eigenvalue weighted by Crippen LogP contribution is 2.33. The first-order valence-corrected chi connectivity index (χ1v) is 10.7. The van der Waals surface area contributed by atoms with Crippen molar-refractivity contribution in [2.24, 2.45) is 0 Å². The fourth-order valence-corrected chi connectivity index (χ4v) is 4.32. The van der Waals surface area contributed by atoms with Gasteiger partial charge in [0.15, 0.2) is 6.61 Å². The summed E-state index contributed by atoms with van der Waals surface area (Å²) < 4.78 is 9.86. The number of nitrogens with zero attached hydrogens (tertiary/aromatic N) is 2. The lowest BCUT2D eigenvalue weighted by molar-refractivity contribution is -0.385. The predicted octanol–water partition coefficient (Wildman–Crippen LogP) is 2.23. The number of aryl methyl sites for hydroxylation is 1. The molecule has 0 fully saturated rings. The van der Waals surface area contributed by atoms with Gasteiger partial charge in [0.05, 0.1) is 22.7 Å². The maximum absolute atomic E-state index is 12.5. The summed E-state index contributed by atoms with van der Waals surface area (Å²) in [5.74, 6) is -4.31. The van der Waals surface area contributed by atoms with Crippen LogP contribution in [0.4, 0.5) is 10.7 Å². The standard InChI is InChI=1S/C21H19N3O9S/c1-4-32-21(29)16-10(2)11(3)34-18(16)22-14(25)9-33-15(26)8-23-19(27)12-6-5-7-13(24(30)31)17(12)20(23)28/h5-7H,4,8-9H2,1-3H3,(H,22,25). The monoisotopic (exact) mass is 489 g/mol. The Labute approximate surface area is 196 Å². The normalized spacial score (nSPS) is 12.4. The molecule has 13 heteroatoms. The van der Waals surface area contributed by atoms with Crippen molar-refractivity contribution in [2.45, 2.75) is 20.8 Å². The number of rotatable bonds is 8. The average molecular weight is 489 g/mol. The zero-order valence-corrected chi connectivity index (χ0v) is 19.1. The number of nitro groups is 1. The number of anilines is 1. The molecule has 0 unspecified atom stereocenters. The third-order valence-electron chi connectivity index (χ3n) is 4.94. The highest BCUT2D eigenvalue weighted by Gasteiger charge is 2.42. The Morgan fingerprint density at radius 1 is 1.15 bits per heavy atom. The molecule has 178 valence electrons. The molecule has 1 aromatic carbocycles. The first kappa shape index (κ1) is 24.5. The third-order valence-corrected chi connectivity index (χ3v) is 6.07. The molecule has 0 spiro atoms. The quantitative estimate of drug-likeness (QED) is 0.253. The van der Waals surface area contributed by atoms with Gasteiger partial charge in [-0.15, -0.1) is 11.3 Å². The van der Waals surface area contributed by atoms with Crippen LogP contribution in [0.1, 0.15) is 48.4 Å². The minimum Gasteiger partial charge on any atom is -0.462 e. The molecule has 0 saturated heterocycles. The Morgan fingerprint density at radius 3 is 2.50 bits per heavy atom. The van der Waals surface area contributed by atoms with Crippen LogP contribution < -0.4 is 5.32 Å². The molecule has 1 aliphatic rings. The first-order valence-electron chi connectivity index (χ1n) is 9.92. The Morgan fingerprint density at radius 2 is 1.85 bits per heavy atom. The van der Waals surface area contributed by atoms with Crippen LogP contribution in [-0.2, 0) is 19.1 Å². The summed E-state index contributed by atoms with van der Waals surface area (Å²) in [5, 5.41) is 13.9. The van der Waals surface area contributed by atoms with E-state index in [1.54, 1.807) is 20.8 Å². The lowest BCUT2D eigenvalue weighted by atomic mass is 10.1. The van der Waals surface area contributed by atoms with Gasteiger partial charge >= 0.3 is 11.9 Å². The maximum atomic E-state index is 12.5. The summed E-state index contributed by atoms with van der Waals surface area (Å²) in [4.78, 5) is 73.3. The molecule has 12 nitrogen and oxygen atoms in total. The lowest BCUT2D eigenvalue weighted by Crippen LogP contribution is -2.36.